The largest absolute Gasteiger partial charge is 0.369 e. The maximum Gasteiger partial charge on any atom is 0.260 e. The summed E-state index contributed by atoms with van der Waals surface area (Å²) >= 11 is 1.40. The van der Waals surface area contributed by atoms with Crippen LogP contribution in [0.2, 0.25) is 0 Å². The topological polar surface area (TPSA) is 92.1 Å². The summed E-state index contributed by atoms with van der Waals surface area (Å²) < 4.78 is 13.2. The molecule has 8 heteroatoms. The number of hydrogen-bond donors (Lipinski definition) is 2. The number of hydrogen-bond acceptors (Lipinski definition) is 5. The highest BCUT2D eigenvalue weighted by atomic mass is 32.1. The summed E-state index contributed by atoms with van der Waals surface area (Å²) in [4.78, 5) is 34.2. The first-order chi connectivity index (χ1) is 13.0. The van der Waals surface area contributed by atoms with Crippen LogP contribution in [0.4, 0.5) is 4.39 Å². The minimum Gasteiger partial charge on any atom is -0.369 e. The Morgan fingerprint density at radius 1 is 1.30 bits per heavy atom. The van der Waals surface area contributed by atoms with Gasteiger partial charge in [0.1, 0.15) is 16.5 Å². The van der Waals surface area contributed by atoms with Crippen molar-refractivity contribution in [3.63, 3.8) is 0 Å². The van der Waals surface area contributed by atoms with Crippen molar-refractivity contribution in [3.8, 4) is 11.1 Å². The number of amides is 1. The number of nitrogens with two attached hydrogens (primary N) is 1. The average molecular weight is 386 g/mol. The Kier molecular flexibility index (Phi) is 4.75. The number of fused-ring (bicyclic) bond motifs is 1. The first-order valence-corrected chi connectivity index (χ1v) is 9.67. The fourth-order valence-corrected chi connectivity index (χ4v) is 4.46. The zero-order chi connectivity index (χ0) is 19.0. The number of rotatable bonds is 4. The van der Waals surface area contributed by atoms with Crippen LogP contribution in [-0.4, -0.2) is 33.9 Å². The van der Waals surface area contributed by atoms with E-state index in [-0.39, 0.29) is 23.2 Å². The van der Waals surface area contributed by atoms with Gasteiger partial charge in [-0.25, -0.2) is 9.37 Å². The van der Waals surface area contributed by atoms with E-state index in [1.807, 2.05) is 5.38 Å². The van der Waals surface area contributed by atoms with Crippen LogP contribution in [-0.2, 0) is 11.3 Å². The fraction of sp³-hybridized carbons (Fsp3) is 0.316. The van der Waals surface area contributed by atoms with Crippen LogP contribution in [0.25, 0.3) is 21.3 Å². The molecule has 0 spiro atoms. The van der Waals surface area contributed by atoms with Gasteiger partial charge in [-0.3, -0.25) is 14.5 Å². The van der Waals surface area contributed by atoms with Crippen molar-refractivity contribution in [2.45, 2.75) is 19.4 Å². The number of nitrogens with zero attached hydrogens (tertiary/aromatic N) is 2. The van der Waals surface area contributed by atoms with Gasteiger partial charge in [-0.05, 0) is 43.6 Å². The van der Waals surface area contributed by atoms with Gasteiger partial charge in [-0.2, -0.15) is 0 Å². The van der Waals surface area contributed by atoms with Gasteiger partial charge in [-0.15, -0.1) is 11.3 Å². The predicted molar refractivity (Wildman–Crippen MR) is 103 cm³/mol. The average Bonchev–Trinajstić information content (AvgIpc) is 3.07. The molecule has 6 nitrogen and oxygen atoms in total. The lowest BCUT2D eigenvalue weighted by atomic mass is 9.96. The zero-order valence-corrected chi connectivity index (χ0v) is 15.4. The molecule has 1 aliphatic heterocycles. The summed E-state index contributed by atoms with van der Waals surface area (Å²) in [6, 6.07) is 6.08. The molecule has 27 heavy (non-hydrogen) atoms. The minimum absolute atomic E-state index is 0.0636. The van der Waals surface area contributed by atoms with Crippen molar-refractivity contribution in [3.05, 3.63) is 51.6 Å². The van der Waals surface area contributed by atoms with E-state index < -0.39 is 0 Å². The number of halogens is 1. The van der Waals surface area contributed by atoms with Gasteiger partial charge in [0.25, 0.3) is 5.56 Å². The molecule has 4 rings (SSSR count). The Hall–Kier alpha value is -2.58. The molecule has 3 N–H and O–H groups in total. The fourth-order valence-electron chi connectivity index (χ4n) is 3.50. The van der Waals surface area contributed by atoms with E-state index >= 15 is 0 Å². The second kappa shape index (κ2) is 7.21. The number of carbonyl (C=O) groups is 1. The summed E-state index contributed by atoms with van der Waals surface area (Å²) in [5.41, 5.74) is 6.73. The summed E-state index contributed by atoms with van der Waals surface area (Å²) in [5, 5.41) is 2.41. The summed E-state index contributed by atoms with van der Waals surface area (Å²) in [6.45, 7) is 2.03. The number of thiophene rings is 1. The van der Waals surface area contributed by atoms with Crippen molar-refractivity contribution in [2.75, 3.05) is 13.1 Å². The van der Waals surface area contributed by atoms with Crippen molar-refractivity contribution < 1.29 is 9.18 Å². The lowest BCUT2D eigenvalue weighted by molar-refractivity contribution is -0.123. The maximum absolute atomic E-state index is 13.2. The van der Waals surface area contributed by atoms with Crippen LogP contribution in [0, 0.1) is 11.7 Å². The predicted octanol–water partition coefficient (Wildman–Crippen LogP) is 2.49. The lowest BCUT2D eigenvalue weighted by Gasteiger charge is -2.29. The zero-order valence-electron chi connectivity index (χ0n) is 14.6. The van der Waals surface area contributed by atoms with Gasteiger partial charge < -0.3 is 10.7 Å². The maximum atomic E-state index is 13.2. The number of carbonyl (C=O) groups excluding carboxylic acids is 1. The second-order valence-electron chi connectivity index (χ2n) is 6.80. The normalized spacial score (nSPS) is 16.0. The third-order valence-electron chi connectivity index (χ3n) is 5.01. The van der Waals surface area contributed by atoms with E-state index in [1.54, 1.807) is 12.1 Å². The molecule has 1 aromatic carbocycles. The monoisotopic (exact) mass is 386 g/mol. The molecule has 1 amide bonds. The Morgan fingerprint density at radius 3 is 2.67 bits per heavy atom. The van der Waals surface area contributed by atoms with Gasteiger partial charge in [0.15, 0.2) is 0 Å². The Labute approximate surface area is 158 Å². The highest BCUT2D eigenvalue weighted by molar-refractivity contribution is 7.17. The molecule has 0 bridgehead atoms. The number of piperidine rings is 1. The van der Waals surface area contributed by atoms with Gasteiger partial charge >= 0.3 is 0 Å². The number of benzene rings is 1. The molecule has 0 radical (unpaired) electrons. The van der Waals surface area contributed by atoms with Gasteiger partial charge in [0, 0.05) is 16.9 Å². The van der Waals surface area contributed by atoms with Crippen molar-refractivity contribution >= 4 is 27.5 Å². The van der Waals surface area contributed by atoms with Gasteiger partial charge in [-0.1, -0.05) is 12.1 Å². The number of likely N-dealkylation sites (tertiary alicyclic amines) is 1. The molecule has 0 unspecified atom stereocenters. The summed E-state index contributed by atoms with van der Waals surface area (Å²) in [6.07, 6.45) is 1.46. The van der Waals surface area contributed by atoms with Gasteiger partial charge in [0.2, 0.25) is 5.91 Å². The third kappa shape index (κ3) is 3.63. The molecule has 1 saturated heterocycles. The molecule has 140 valence electrons. The van der Waals surface area contributed by atoms with Crippen LogP contribution in [0.3, 0.4) is 0 Å². The minimum atomic E-state index is -0.312. The molecule has 3 heterocycles. The van der Waals surface area contributed by atoms with E-state index in [1.165, 1.54) is 23.5 Å². The van der Waals surface area contributed by atoms with Crippen molar-refractivity contribution in [1.82, 2.24) is 14.9 Å². The third-order valence-corrected chi connectivity index (χ3v) is 5.88. The van der Waals surface area contributed by atoms with Crippen molar-refractivity contribution in [1.29, 1.82) is 0 Å². The highest BCUT2D eigenvalue weighted by Gasteiger charge is 2.23. The number of H-pyrrole nitrogens is 1. The van der Waals surface area contributed by atoms with E-state index in [4.69, 9.17) is 5.73 Å². The standard InChI is InChI=1S/C19H19FN4O2S/c20-13-3-1-11(2-4-13)14-10-27-19-16(14)18(26)22-15(23-19)9-24-7-5-12(6-8-24)17(21)25/h1-4,10,12H,5-9H2,(H2,21,25)(H,22,23,26). The van der Waals surface area contributed by atoms with E-state index in [2.05, 4.69) is 14.9 Å². The number of primary amides is 1. The molecule has 2 aromatic heterocycles. The second-order valence-corrected chi connectivity index (χ2v) is 7.66. The smallest absolute Gasteiger partial charge is 0.260 e. The molecule has 0 saturated carbocycles. The molecule has 0 aliphatic carbocycles. The van der Waals surface area contributed by atoms with Crippen molar-refractivity contribution in [2.24, 2.45) is 11.7 Å². The molecule has 1 fully saturated rings. The first kappa shape index (κ1) is 17.8. The summed E-state index contributed by atoms with van der Waals surface area (Å²) in [5.74, 6) is -0.00828. The quantitative estimate of drug-likeness (QED) is 0.721. The Morgan fingerprint density at radius 2 is 2.00 bits per heavy atom. The van der Waals surface area contributed by atoms with Crippen LogP contribution in [0.1, 0.15) is 18.7 Å². The molecule has 0 atom stereocenters. The Bertz CT molecular complexity index is 1040. The number of nitrogens with one attached hydrogen (secondary N) is 1. The Balaban J connectivity index is 1.57. The molecular weight excluding hydrogens is 367 g/mol. The molecule has 3 aromatic rings. The van der Waals surface area contributed by atoms with Crippen LogP contribution >= 0.6 is 11.3 Å². The highest BCUT2D eigenvalue weighted by Crippen LogP contribution is 2.31. The van der Waals surface area contributed by atoms with Gasteiger partial charge in [0.05, 0.1) is 11.9 Å². The van der Waals surface area contributed by atoms with E-state index in [0.29, 0.717) is 22.6 Å². The van der Waals surface area contributed by atoms with Crippen LogP contribution in [0.5, 0.6) is 0 Å². The first-order valence-electron chi connectivity index (χ1n) is 8.79. The van der Waals surface area contributed by atoms with E-state index in [0.717, 1.165) is 37.1 Å². The van der Waals surface area contributed by atoms with Crippen LogP contribution < -0.4 is 11.3 Å². The number of aromatic amines is 1. The van der Waals surface area contributed by atoms with E-state index in [9.17, 15) is 14.0 Å². The summed E-state index contributed by atoms with van der Waals surface area (Å²) in [7, 11) is 0. The molecular formula is C19H19FN4O2S. The van der Waals surface area contributed by atoms with Crippen LogP contribution in [0.15, 0.2) is 34.4 Å². The molecule has 1 aliphatic rings. The lowest BCUT2D eigenvalue weighted by Crippen LogP contribution is -2.38. The SMILES string of the molecule is NC(=O)C1CCN(Cc2nc3scc(-c4ccc(F)cc4)c3c(=O)[nH]2)CC1. The number of aromatic nitrogens is 2.